The number of carbonyl (C=O) groups excluding carboxylic acids is 1. The molecule has 0 fully saturated rings. The third-order valence-electron chi connectivity index (χ3n) is 3.84. The highest BCUT2D eigenvalue weighted by Gasteiger charge is 2.29. The minimum absolute atomic E-state index is 0.0624. The van der Waals surface area contributed by atoms with E-state index in [9.17, 15) is 13.2 Å². The molecule has 0 spiro atoms. The first kappa shape index (κ1) is 20.6. The van der Waals surface area contributed by atoms with Gasteiger partial charge in [-0.15, -0.1) is 0 Å². The van der Waals surface area contributed by atoms with Crippen LogP contribution in [0.15, 0.2) is 53.4 Å². The van der Waals surface area contributed by atoms with Crippen LogP contribution in [-0.2, 0) is 14.8 Å². The molecule has 0 heterocycles. The summed E-state index contributed by atoms with van der Waals surface area (Å²) in [5, 5.41) is 3.05. The molecule has 5 nitrogen and oxygen atoms in total. The van der Waals surface area contributed by atoms with Crippen LogP contribution < -0.4 is 9.62 Å². The monoisotopic (exact) mass is 414 g/mol. The van der Waals surface area contributed by atoms with E-state index in [0.717, 1.165) is 10.7 Å². The van der Waals surface area contributed by atoms with Crippen molar-refractivity contribution in [3.05, 3.63) is 58.6 Å². The minimum Gasteiger partial charge on any atom is -0.352 e. The Labute approximate surface area is 164 Å². The molecule has 0 bridgehead atoms. The summed E-state index contributed by atoms with van der Waals surface area (Å²) in [6, 6.07) is 12.5. The van der Waals surface area contributed by atoms with Gasteiger partial charge in [0, 0.05) is 6.04 Å². The average Bonchev–Trinajstić information content (AvgIpc) is 2.63. The molecule has 0 aliphatic rings. The largest absolute Gasteiger partial charge is 0.352 e. The molecule has 2 aromatic carbocycles. The molecule has 26 heavy (non-hydrogen) atoms. The lowest BCUT2D eigenvalue weighted by atomic mass is 10.2. The first-order valence-electron chi connectivity index (χ1n) is 8.08. The Morgan fingerprint density at radius 3 is 2.38 bits per heavy atom. The van der Waals surface area contributed by atoms with Crippen molar-refractivity contribution in [3.63, 3.8) is 0 Å². The predicted molar refractivity (Wildman–Crippen MR) is 105 cm³/mol. The molecule has 2 rings (SSSR count). The Morgan fingerprint density at radius 2 is 1.77 bits per heavy atom. The zero-order valence-corrected chi connectivity index (χ0v) is 16.8. The van der Waals surface area contributed by atoms with E-state index in [0.29, 0.717) is 0 Å². The van der Waals surface area contributed by atoms with Crippen LogP contribution in [0.1, 0.15) is 20.3 Å². The number of rotatable bonds is 7. The van der Waals surface area contributed by atoms with E-state index in [4.69, 9.17) is 23.2 Å². The number of halogens is 2. The Bertz CT molecular complexity index is 873. The summed E-state index contributed by atoms with van der Waals surface area (Å²) in [4.78, 5) is 12.4. The van der Waals surface area contributed by atoms with E-state index in [-0.39, 0.29) is 26.7 Å². The molecule has 140 valence electrons. The van der Waals surface area contributed by atoms with Crippen molar-refractivity contribution in [2.75, 3.05) is 10.8 Å². The van der Waals surface area contributed by atoms with Gasteiger partial charge in [0.05, 0.1) is 20.6 Å². The lowest BCUT2D eigenvalue weighted by molar-refractivity contribution is -0.120. The summed E-state index contributed by atoms with van der Waals surface area (Å²) in [5.74, 6) is -0.421. The molecule has 2 aromatic rings. The van der Waals surface area contributed by atoms with E-state index in [1.54, 1.807) is 30.3 Å². The van der Waals surface area contributed by atoms with Gasteiger partial charge in [0.25, 0.3) is 10.0 Å². The number of benzene rings is 2. The second-order valence-corrected chi connectivity index (χ2v) is 8.42. The SMILES string of the molecule is CC[C@H](C)NC(=O)CN(c1cccc(Cl)c1Cl)S(=O)(=O)c1ccccc1. The van der Waals surface area contributed by atoms with Crippen LogP contribution in [0.4, 0.5) is 5.69 Å². The standard InChI is InChI=1S/C18H20Cl2N2O3S/c1-3-13(2)21-17(23)12-22(16-11-7-10-15(19)18(16)20)26(24,25)14-8-5-4-6-9-14/h4-11,13H,3,12H2,1-2H3,(H,21,23)/t13-/m0/s1. The number of carbonyl (C=O) groups is 1. The molecule has 0 unspecified atom stereocenters. The first-order valence-corrected chi connectivity index (χ1v) is 10.3. The van der Waals surface area contributed by atoms with Crippen molar-refractivity contribution in [1.82, 2.24) is 5.32 Å². The highest BCUT2D eigenvalue weighted by Crippen LogP contribution is 2.35. The fourth-order valence-electron chi connectivity index (χ4n) is 2.26. The molecule has 0 saturated heterocycles. The summed E-state index contributed by atoms with van der Waals surface area (Å²) in [6.45, 7) is 3.37. The maximum Gasteiger partial charge on any atom is 0.264 e. The summed E-state index contributed by atoms with van der Waals surface area (Å²) < 4.78 is 27.2. The molecule has 0 radical (unpaired) electrons. The van der Waals surface area contributed by atoms with E-state index in [1.807, 2.05) is 13.8 Å². The van der Waals surface area contributed by atoms with Crippen molar-refractivity contribution in [2.45, 2.75) is 31.2 Å². The fourth-order valence-corrected chi connectivity index (χ4v) is 4.16. The molecule has 1 atom stereocenters. The van der Waals surface area contributed by atoms with Gasteiger partial charge in [0.2, 0.25) is 5.91 Å². The molecule has 0 aliphatic carbocycles. The number of nitrogens with zero attached hydrogens (tertiary/aromatic N) is 1. The van der Waals surface area contributed by atoms with Crippen molar-refractivity contribution in [2.24, 2.45) is 0 Å². The summed E-state index contributed by atoms with van der Waals surface area (Å²) in [5.41, 5.74) is 0.155. The maximum absolute atomic E-state index is 13.1. The smallest absolute Gasteiger partial charge is 0.264 e. The summed E-state index contributed by atoms with van der Waals surface area (Å²) >= 11 is 12.3. The van der Waals surface area contributed by atoms with Crippen LogP contribution in [0.3, 0.4) is 0 Å². The van der Waals surface area contributed by atoms with Gasteiger partial charge in [-0.3, -0.25) is 9.10 Å². The van der Waals surface area contributed by atoms with Crippen LogP contribution in [0, 0.1) is 0 Å². The fraction of sp³-hybridized carbons (Fsp3) is 0.278. The Kier molecular flexibility index (Phi) is 6.92. The number of sulfonamides is 1. The summed E-state index contributed by atoms with van der Waals surface area (Å²) in [6.07, 6.45) is 0.731. The summed E-state index contributed by atoms with van der Waals surface area (Å²) in [7, 11) is -4.00. The zero-order chi connectivity index (χ0) is 19.3. The zero-order valence-electron chi connectivity index (χ0n) is 14.4. The van der Waals surface area contributed by atoms with Gasteiger partial charge in [-0.25, -0.2) is 8.42 Å². The van der Waals surface area contributed by atoms with Gasteiger partial charge in [0.15, 0.2) is 0 Å². The quantitative estimate of drug-likeness (QED) is 0.741. The number of hydrogen-bond donors (Lipinski definition) is 1. The third-order valence-corrected chi connectivity index (χ3v) is 6.42. The third kappa shape index (κ3) is 4.69. The lowest BCUT2D eigenvalue weighted by Crippen LogP contribution is -2.43. The molecule has 0 aliphatic heterocycles. The van der Waals surface area contributed by atoms with Gasteiger partial charge < -0.3 is 5.32 Å². The Hall–Kier alpha value is -1.76. The van der Waals surface area contributed by atoms with Gasteiger partial charge in [-0.05, 0) is 37.6 Å². The number of hydrogen-bond acceptors (Lipinski definition) is 3. The first-order chi connectivity index (χ1) is 12.3. The second kappa shape index (κ2) is 8.75. The van der Waals surface area contributed by atoms with Crippen LogP contribution in [-0.4, -0.2) is 26.9 Å². The van der Waals surface area contributed by atoms with E-state index in [2.05, 4.69) is 5.32 Å². The van der Waals surface area contributed by atoms with Crippen LogP contribution in [0.2, 0.25) is 10.0 Å². The van der Waals surface area contributed by atoms with Crippen LogP contribution in [0.5, 0.6) is 0 Å². The van der Waals surface area contributed by atoms with Gasteiger partial charge >= 0.3 is 0 Å². The number of anilines is 1. The van der Waals surface area contributed by atoms with E-state index < -0.39 is 22.5 Å². The molecular weight excluding hydrogens is 395 g/mol. The van der Waals surface area contributed by atoms with E-state index in [1.165, 1.54) is 18.2 Å². The highest BCUT2D eigenvalue weighted by molar-refractivity contribution is 7.92. The van der Waals surface area contributed by atoms with Gasteiger partial charge in [0.1, 0.15) is 6.54 Å². The van der Waals surface area contributed by atoms with E-state index >= 15 is 0 Å². The van der Waals surface area contributed by atoms with Crippen molar-refractivity contribution >= 4 is 44.8 Å². The molecule has 0 saturated carbocycles. The molecule has 0 aromatic heterocycles. The van der Waals surface area contributed by atoms with Crippen molar-refractivity contribution < 1.29 is 13.2 Å². The molecule has 8 heteroatoms. The Balaban J connectivity index is 2.49. The maximum atomic E-state index is 13.1. The number of amides is 1. The van der Waals surface area contributed by atoms with Crippen molar-refractivity contribution in [1.29, 1.82) is 0 Å². The molecule has 1 amide bonds. The lowest BCUT2D eigenvalue weighted by Gasteiger charge is -2.26. The second-order valence-electron chi connectivity index (χ2n) is 5.77. The van der Waals surface area contributed by atoms with Crippen LogP contribution >= 0.6 is 23.2 Å². The van der Waals surface area contributed by atoms with Crippen molar-refractivity contribution in [3.8, 4) is 0 Å². The molecule has 1 N–H and O–H groups in total. The highest BCUT2D eigenvalue weighted by atomic mass is 35.5. The van der Waals surface area contributed by atoms with Crippen LogP contribution in [0.25, 0.3) is 0 Å². The number of nitrogens with one attached hydrogen (secondary N) is 1. The topological polar surface area (TPSA) is 66.5 Å². The minimum atomic E-state index is -4.00. The van der Waals surface area contributed by atoms with Gasteiger partial charge in [-0.1, -0.05) is 54.4 Å². The average molecular weight is 415 g/mol. The Morgan fingerprint density at radius 1 is 1.12 bits per heavy atom. The predicted octanol–water partition coefficient (Wildman–Crippen LogP) is 4.10. The van der Waals surface area contributed by atoms with Gasteiger partial charge in [-0.2, -0.15) is 0 Å². The molecular formula is C18H20Cl2N2O3S. The normalized spacial score (nSPS) is 12.5.